The van der Waals surface area contributed by atoms with E-state index in [9.17, 15) is 4.79 Å². The molecule has 0 aliphatic carbocycles. The van der Waals surface area contributed by atoms with Gasteiger partial charge in [0, 0.05) is 25.2 Å². The molecule has 94 valence electrons. The van der Waals surface area contributed by atoms with E-state index < -0.39 is 0 Å². The van der Waals surface area contributed by atoms with Crippen molar-refractivity contribution in [2.24, 2.45) is 5.92 Å². The fraction of sp³-hybridized carbons (Fsp3) is 0.462. The zero-order valence-electron chi connectivity index (χ0n) is 10.9. The molecule has 1 aromatic carbocycles. The van der Waals surface area contributed by atoms with E-state index in [1.165, 1.54) is 0 Å². The Bertz CT molecular complexity index is 362. The van der Waals surface area contributed by atoms with Gasteiger partial charge in [-0.1, -0.05) is 6.92 Å². The van der Waals surface area contributed by atoms with E-state index in [1.807, 2.05) is 38.2 Å². The van der Waals surface area contributed by atoms with Crippen molar-refractivity contribution >= 4 is 11.6 Å². The standard InChI is InChI=1S/C13H20N2O2/c1-10(9-14-2)13(16)15(3)11-5-7-12(17-4)8-6-11/h5-8,10,14H,9H2,1-4H3. The van der Waals surface area contributed by atoms with Crippen LogP contribution in [0.1, 0.15) is 6.92 Å². The molecular weight excluding hydrogens is 216 g/mol. The third kappa shape index (κ3) is 3.46. The van der Waals surface area contributed by atoms with Gasteiger partial charge in [-0.15, -0.1) is 0 Å². The van der Waals surface area contributed by atoms with Gasteiger partial charge in [0.05, 0.1) is 7.11 Å². The Labute approximate surface area is 103 Å². The van der Waals surface area contributed by atoms with E-state index in [4.69, 9.17) is 4.74 Å². The van der Waals surface area contributed by atoms with Crippen molar-refractivity contribution in [3.8, 4) is 5.75 Å². The lowest BCUT2D eigenvalue weighted by molar-refractivity contribution is -0.121. The van der Waals surface area contributed by atoms with Gasteiger partial charge in [-0.05, 0) is 31.3 Å². The number of hydrogen-bond acceptors (Lipinski definition) is 3. The van der Waals surface area contributed by atoms with Gasteiger partial charge in [-0.3, -0.25) is 4.79 Å². The van der Waals surface area contributed by atoms with E-state index in [2.05, 4.69) is 5.32 Å². The summed E-state index contributed by atoms with van der Waals surface area (Å²) in [6.45, 7) is 2.60. The number of amides is 1. The molecule has 1 atom stereocenters. The third-order valence-corrected chi connectivity index (χ3v) is 2.72. The normalized spacial score (nSPS) is 12.0. The molecule has 1 aromatic rings. The topological polar surface area (TPSA) is 41.6 Å². The maximum Gasteiger partial charge on any atom is 0.230 e. The molecule has 4 nitrogen and oxygen atoms in total. The highest BCUT2D eigenvalue weighted by atomic mass is 16.5. The second kappa shape index (κ2) is 6.25. The van der Waals surface area contributed by atoms with Gasteiger partial charge in [0.25, 0.3) is 0 Å². The minimum Gasteiger partial charge on any atom is -0.497 e. The molecule has 0 spiro atoms. The quantitative estimate of drug-likeness (QED) is 0.842. The lowest BCUT2D eigenvalue weighted by atomic mass is 10.1. The summed E-state index contributed by atoms with van der Waals surface area (Å²) >= 11 is 0. The zero-order valence-corrected chi connectivity index (χ0v) is 10.9. The first kappa shape index (κ1) is 13.5. The molecule has 1 N–H and O–H groups in total. The average molecular weight is 236 g/mol. The van der Waals surface area contributed by atoms with Gasteiger partial charge in [0.1, 0.15) is 5.75 Å². The van der Waals surface area contributed by atoms with Crippen molar-refractivity contribution in [1.82, 2.24) is 5.32 Å². The number of nitrogens with zero attached hydrogens (tertiary/aromatic N) is 1. The van der Waals surface area contributed by atoms with Crippen molar-refractivity contribution in [3.05, 3.63) is 24.3 Å². The van der Waals surface area contributed by atoms with E-state index in [0.717, 1.165) is 11.4 Å². The Morgan fingerprint density at radius 2 is 2.00 bits per heavy atom. The molecule has 17 heavy (non-hydrogen) atoms. The number of benzene rings is 1. The number of carbonyl (C=O) groups is 1. The van der Waals surface area contributed by atoms with Gasteiger partial charge in [-0.2, -0.15) is 0 Å². The summed E-state index contributed by atoms with van der Waals surface area (Å²) in [4.78, 5) is 13.7. The molecule has 4 heteroatoms. The maximum absolute atomic E-state index is 12.0. The number of hydrogen-bond donors (Lipinski definition) is 1. The molecule has 0 radical (unpaired) electrons. The summed E-state index contributed by atoms with van der Waals surface area (Å²) in [7, 11) is 5.26. The van der Waals surface area contributed by atoms with Crippen molar-refractivity contribution < 1.29 is 9.53 Å². The predicted octanol–water partition coefficient (Wildman–Crippen LogP) is 1.51. The van der Waals surface area contributed by atoms with Gasteiger partial charge in [0.2, 0.25) is 5.91 Å². The monoisotopic (exact) mass is 236 g/mol. The Kier molecular flexibility index (Phi) is 4.97. The van der Waals surface area contributed by atoms with Crippen LogP contribution in [0.15, 0.2) is 24.3 Å². The van der Waals surface area contributed by atoms with E-state index in [1.54, 1.807) is 19.1 Å². The van der Waals surface area contributed by atoms with Crippen LogP contribution >= 0.6 is 0 Å². The van der Waals surface area contributed by atoms with Crippen LogP contribution in [0.3, 0.4) is 0 Å². The first-order chi connectivity index (χ1) is 8.10. The second-order valence-corrected chi connectivity index (χ2v) is 4.05. The molecule has 0 fully saturated rings. The van der Waals surface area contributed by atoms with Crippen molar-refractivity contribution in [2.75, 3.05) is 32.6 Å². The molecule has 0 aliphatic heterocycles. The minimum absolute atomic E-state index is 0.0351. The Balaban J connectivity index is 2.74. The number of ether oxygens (including phenoxy) is 1. The number of nitrogens with one attached hydrogen (secondary N) is 1. The number of methoxy groups -OCH3 is 1. The summed E-state index contributed by atoms with van der Waals surface area (Å²) < 4.78 is 5.08. The molecular formula is C13H20N2O2. The van der Waals surface area contributed by atoms with Gasteiger partial charge < -0.3 is 15.0 Å². The molecule has 0 saturated carbocycles. The van der Waals surface area contributed by atoms with Crippen LogP contribution in [0.25, 0.3) is 0 Å². The molecule has 1 amide bonds. The van der Waals surface area contributed by atoms with Gasteiger partial charge in [0.15, 0.2) is 0 Å². The average Bonchev–Trinajstić information content (AvgIpc) is 2.37. The van der Waals surface area contributed by atoms with Crippen molar-refractivity contribution in [2.45, 2.75) is 6.92 Å². The number of anilines is 1. The summed E-state index contributed by atoms with van der Waals surface area (Å²) in [5, 5.41) is 3.01. The molecule has 0 bridgehead atoms. The van der Waals surface area contributed by atoms with Crippen LogP contribution in [0, 0.1) is 5.92 Å². The van der Waals surface area contributed by atoms with Crippen LogP contribution in [0.4, 0.5) is 5.69 Å². The molecule has 1 unspecified atom stereocenters. The fourth-order valence-corrected chi connectivity index (χ4v) is 1.66. The Morgan fingerprint density at radius 3 is 2.47 bits per heavy atom. The molecule has 0 aliphatic rings. The van der Waals surface area contributed by atoms with Crippen LogP contribution in [0.5, 0.6) is 5.75 Å². The van der Waals surface area contributed by atoms with Crippen LogP contribution in [-0.2, 0) is 4.79 Å². The SMILES string of the molecule is CNCC(C)C(=O)N(C)c1ccc(OC)cc1. The fourth-order valence-electron chi connectivity index (χ4n) is 1.66. The maximum atomic E-state index is 12.0. The Morgan fingerprint density at radius 1 is 1.41 bits per heavy atom. The summed E-state index contributed by atoms with van der Waals surface area (Å²) in [5.74, 6) is 0.856. The molecule has 0 saturated heterocycles. The largest absolute Gasteiger partial charge is 0.497 e. The highest BCUT2D eigenvalue weighted by Gasteiger charge is 2.17. The Hall–Kier alpha value is -1.55. The van der Waals surface area contributed by atoms with Gasteiger partial charge >= 0.3 is 0 Å². The molecule has 0 aromatic heterocycles. The minimum atomic E-state index is -0.0351. The molecule has 0 heterocycles. The summed E-state index contributed by atoms with van der Waals surface area (Å²) in [6.07, 6.45) is 0. The van der Waals surface area contributed by atoms with Crippen LogP contribution < -0.4 is 15.0 Å². The van der Waals surface area contributed by atoms with E-state index in [0.29, 0.717) is 6.54 Å². The van der Waals surface area contributed by atoms with Crippen LogP contribution in [0.2, 0.25) is 0 Å². The lowest BCUT2D eigenvalue weighted by Crippen LogP contribution is -2.35. The molecule has 1 rings (SSSR count). The van der Waals surface area contributed by atoms with Crippen molar-refractivity contribution in [3.63, 3.8) is 0 Å². The zero-order chi connectivity index (χ0) is 12.8. The summed E-state index contributed by atoms with van der Waals surface area (Å²) in [6, 6.07) is 7.45. The van der Waals surface area contributed by atoms with E-state index in [-0.39, 0.29) is 11.8 Å². The predicted molar refractivity (Wildman–Crippen MR) is 69.5 cm³/mol. The highest BCUT2D eigenvalue weighted by Crippen LogP contribution is 2.19. The first-order valence-corrected chi connectivity index (χ1v) is 5.66. The summed E-state index contributed by atoms with van der Waals surface area (Å²) in [5.41, 5.74) is 0.874. The first-order valence-electron chi connectivity index (χ1n) is 5.66. The lowest BCUT2D eigenvalue weighted by Gasteiger charge is -2.21. The number of carbonyl (C=O) groups excluding carboxylic acids is 1. The highest BCUT2D eigenvalue weighted by molar-refractivity contribution is 5.94. The van der Waals surface area contributed by atoms with Gasteiger partial charge in [-0.25, -0.2) is 0 Å². The third-order valence-electron chi connectivity index (χ3n) is 2.72. The van der Waals surface area contributed by atoms with Crippen molar-refractivity contribution in [1.29, 1.82) is 0 Å². The smallest absolute Gasteiger partial charge is 0.230 e. The second-order valence-electron chi connectivity index (χ2n) is 4.05. The number of rotatable bonds is 5. The van der Waals surface area contributed by atoms with E-state index >= 15 is 0 Å². The van der Waals surface area contributed by atoms with Crippen LogP contribution in [-0.4, -0.2) is 33.7 Å².